The van der Waals surface area contributed by atoms with Gasteiger partial charge in [-0.1, -0.05) is 24.3 Å². The third kappa shape index (κ3) is 5.35. The number of alkyl halides is 3. The molecule has 2 saturated heterocycles. The summed E-state index contributed by atoms with van der Waals surface area (Å²) < 4.78 is 47.0. The van der Waals surface area contributed by atoms with E-state index in [1.807, 2.05) is 18.2 Å². The highest BCUT2D eigenvalue weighted by molar-refractivity contribution is 5.80. The maximum atomic E-state index is 12.1. The molecule has 3 rings (SSSR count). The quantitative estimate of drug-likeness (QED) is 0.596. The first-order chi connectivity index (χ1) is 12.4. The van der Waals surface area contributed by atoms with Crippen LogP contribution in [0.4, 0.5) is 13.2 Å². The zero-order valence-electron chi connectivity index (χ0n) is 14.7. The number of halogens is 3. The average Bonchev–Trinajstić information content (AvgIpc) is 3.20. The van der Waals surface area contributed by atoms with Gasteiger partial charge in [0.05, 0.1) is 24.9 Å². The van der Waals surface area contributed by atoms with Crippen LogP contribution in [0.2, 0.25) is 0 Å². The Morgan fingerprint density at radius 2 is 2.12 bits per heavy atom. The van der Waals surface area contributed by atoms with Crippen molar-refractivity contribution in [2.75, 3.05) is 13.7 Å². The molecule has 0 aliphatic carbocycles. The summed E-state index contributed by atoms with van der Waals surface area (Å²) in [5.74, 6) is 0.699. The predicted octanol–water partition coefficient (Wildman–Crippen LogP) is 2.75. The van der Waals surface area contributed by atoms with Crippen LogP contribution in [0.3, 0.4) is 0 Å². The summed E-state index contributed by atoms with van der Waals surface area (Å²) in [6.45, 7) is -0.783. The molecule has 5 nitrogen and oxygen atoms in total. The topological polar surface area (TPSA) is 54.9 Å². The Bertz CT molecular complexity index is 636. The molecular weight excluding hydrogens is 347 g/mol. The van der Waals surface area contributed by atoms with Crippen LogP contribution in [0.25, 0.3) is 0 Å². The van der Waals surface area contributed by atoms with Gasteiger partial charge in [-0.05, 0) is 30.4 Å². The number of rotatable bonds is 6. The molecule has 8 heteroatoms. The molecule has 3 atom stereocenters. The van der Waals surface area contributed by atoms with Gasteiger partial charge in [0, 0.05) is 13.6 Å². The molecule has 0 saturated carbocycles. The number of nitrogens with zero attached hydrogens (tertiary/aromatic N) is 1. The number of benzene rings is 1. The zero-order valence-corrected chi connectivity index (χ0v) is 14.7. The number of aliphatic imine (C=N–C) groups is 1. The first-order valence-corrected chi connectivity index (χ1v) is 8.78. The van der Waals surface area contributed by atoms with Crippen LogP contribution in [0.15, 0.2) is 29.3 Å². The second-order valence-corrected chi connectivity index (χ2v) is 6.71. The van der Waals surface area contributed by atoms with Gasteiger partial charge in [0.15, 0.2) is 5.96 Å². The van der Waals surface area contributed by atoms with Crippen LogP contribution in [0.5, 0.6) is 0 Å². The molecule has 2 aliphatic rings. The van der Waals surface area contributed by atoms with E-state index in [0.29, 0.717) is 24.2 Å². The second kappa shape index (κ2) is 8.26. The molecule has 2 aliphatic heterocycles. The monoisotopic (exact) mass is 371 g/mol. The van der Waals surface area contributed by atoms with E-state index in [-0.39, 0.29) is 18.8 Å². The Kier molecular flexibility index (Phi) is 6.03. The van der Waals surface area contributed by atoms with E-state index in [1.165, 1.54) is 0 Å². The smallest absolute Gasteiger partial charge is 0.373 e. The van der Waals surface area contributed by atoms with E-state index in [2.05, 4.69) is 15.6 Å². The predicted molar refractivity (Wildman–Crippen MR) is 91.8 cm³/mol. The van der Waals surface area contributed by atoms with Crippen molar-refractivity contribution in [3.8, 4) is 0 Å². The van der Waals surface area contributed by atoms with Crippen molar-refractivity contribution >= 4 is 5.96 Å². The summed E-state index contributed by atoms with van der Waals surface area (Å²) in [6, 6.07) is 7.58. The maximum absolute atomic E-state index is 12.1. The van der Waals surface area contributed by atoms with Gasteiger partial charge in [-0.3, -0.25) is 4.99 Å². The average molecular weight is 371 g/mol. The SMILES string of the molecule is CN=C(NCc1cccc(COCC(F)(F)F)c1)NC1CC2CCC1O2. The summed E-state index contributed by atoms with van der Waals surface area (Å²) >= 11 is 0. The Hall–Kier alpha value is -1.80. The largest absolute Gasteiger partial charge is 0.411 e. The number of fused-ring (bicyclic) bond motifs is 2. The molecule has 3 unspecified atom stereocenters. The van der Waals surface area contributed by atoms with E-state index in [0.717, 1.165) is 24.8 Å². The third-order valence-electron chi connectivity index (χ3n) is 4.64. The summed E-state index contributed by atoms with van der Waals surface area (Å²) in [7, 11) is 1.71. The van der Waals surface area contributed by atoms with Crippen molar-refractivity contribution in [3.05, 3.63) is 35.4 Å². The van der Waals surface area contributed by atoms with Gasteiger partial charge in [0.1, 0.15) is 6.61 Å². The van der Waals surface area contributed by atoms with Crippen molar-refractivity contribution < 1.29 is 22.6 Å². The fourth-order valence-corrected chi connectivity index (χ4v) is 3.46. The maximum Gasteiger partial charge on any atom is 0.411 e. The lowest BCUT2D eigenvalue weighted by atomic mass is 9.96. The minimum absolute atomic E-state index is 0.0667. The van der Waals surface area contributed by atoms with Crippen LogP contribution in [0, 0.1) is 0 Å². The lowest BCUT2D eigenvalue weighted by Gasteiger charge is -2.22. The van der Waals surface area contributed by atoms with E-state index >= 15 is 0 Å². The molecular formula is C18H24F3N3O2. The van der Waals surface area contributed by atoms with Gasteiger partial charge in [0.25, 0.3) is 0 Å². The lowest BCUT2D eigenvalue weighted by molar-refractivity contribution is -0.176. The van der Waals surface area contributed by atoms with Crippen LogP contribution < -0.4 is 10.6 Å². The number of guanidine groups is 1. The lowest BCUT2D eigenvalue weighted by Crippen LogP contribution is -2.47. The number of hydrogen-bond acceptors (Lipinski definition) is 3. The van der Waals surface area contributed by atoms with E-state index < -0.39 is 12.8 Å². The van der Waals surface area contributed by atoms with Gasteiger partial charge in [0.2, 0.25) is 0 Å². The Balaban J connectivity index is 1.46. The van der Waals surface area contributed by atoms with Gasteiger partial charge in [-0.15, -0.1) is 0 Å². The van der Waals surface area contributed by atoms with Crippen molar-refractivity contribution in [1.29, 1.82) is 0 Å². The molecule has 0 spiro atoms. The minimum Gasteiger partial charge on any atom is -0.373 e. The normalized spacial score (nSPS) is 25.5. The number of nitrogens with one attached hydrogen (secondary N) is 2. The van der Waals surface area contributed by atoms with Gasteiger partial charge in [-0.2, -0.15) is 13.2 Å². The highest BCUT2D eigenvalue weighted by Crippen LogP contribution is 2.34. The molecule has 2 N–H and O–H groups in total. The van der Waals surface area contributed by atoms with E-state index in [9.17, 15) is 13.2 Å². The molecule has 0 radical (unpaired) electrons. The fourth-order valence-electron chi connectivity index (χ4n) is 3.46. The molecule has 1 aromatic rings. The number of hydrogen-bond donors (Lipinski definition) is 2. The molecule has 26 heavy (non-hydrogen) atoms. The van der Waals surface area contributed by atoms with E-state index in [1.54, 1.807) is 13.1 Å². The van der Waals surface area contributed by atoms with Crippen molar-refractivity contribution in [2.45, 2.75) is 56.8 Å². The molecule has 0 aromatic heterocycles. The highest BCUT2D eigenvalue weighted by Gasteiger charge is 2.41. The fraction of sp³-hybridized carbons (Fsp3) is 0.611. The zero-order chi connectivity index (χ0) is 18.6. The van der Waals surface area contributed by atoms with Gasteiger partial charge < -0.3 is 20.1 Å². The minimum atomic E-state index is -4.30. The number of ether oxygens (including phenoxy) is 2. The summed E-state index contributed by atoms with van der Waals surface area (Å²) in [5, 5.41) is 6.64. The van der Waals surface area contributed by atoms with Crippen LogP contribution in [-0.4, -0.2) is 44.0 Å². The highest BCUT2D eigenvalue weighted by atomic mass is 19.4. The molecule has 2 fully saturated rings. The van der Waals surface area contributed by atoms with E-state index in [4.69, 9.17) is 9.47 Å². The first-order valence-electron chi connectivity index (χ1n) is 8.78. The molecule has 1 aromatic carbocycles. The molecule has 0 amide bonds. The Labute approximate surface area is 151 Å². The molecule has 144 valence electrons. The van der Waals surface area contributed by atoms with Crippen LogP contribution in [0.1, 0.15) is 30.4 Å². The van der Waals surface area contributed by atoms with Gasteiger partial charge >= 0.3 is 6.18 Å². The Morgan fingerprint density at radius 1 is 1.31 bits per heavy atom. The van der Waals surface area contributed by atoms with Crippen molar-refractivity contribution in [2.24, 2.45) is 4.99 Å². The molecule has 2 heterocycles. The third-order valence-corrected chi connectivity index (χ3v) is 4.64. The van der Waals surface area contributed by atoms with Crippen LogP contribution >= 0.6 is 0 Å². The van der Waals surface area contributed by atoms with Crippen LogP contribution in [-0.2, 0) is 22.6 Å². The summed E-state index contributed by atoms with van der Waals surface area (Å²) in [5.41, 5.74) is 1.66. The summed E-state index contributed by atoms with van der Waals surface area (Å²) in [6.07, 6.45) is -0.466. The molecule has 2 bridgehead atoms. The standard InChI is InChI=1S/C18H24F3N3O2/c1-22-17(24-15-8-14-5-6-16(15)26-14)23-9-12-3-2-4-13(7-12)10-25-11-18(19,20)21/h2-4,7,14-16H,5-6,8-11H2,1H3,(H2,22,23,24). The van der Waals surface area contributed by atoms with Gasteiger partial charge in [-0.25, -0.2) is 0 Å². The first kappa shape index (κ1) is 19.0. The summed E-state index contributed by atoms with van der Waals surface area (Å²) in [4.78, 5) is 4.24. The van der Waals surface area contributed by atoms with Crippen molar-refractivity contribution in [3.63, 3.8) is 0 Å². The second-order valence-electron chi connectivity index (χ2n) is 6.71. The van der Waals surface area contributed by atoms with Crippen molar-refractivity contribution in [1.82, 2.24) is 10.6 Å². The Morgan fingerprint density at radius 3 is 2.77 bits per heavy atom.